The Bertz CT molecular complexity index is 861. The predicted molar refractivity (Wildman–Crippen MR) is 101 cm³/mol. The largest absolute Gasteiger partial charge is 0.497 e. The third kappa shape index (κ3) is 3.64. The molecule has 0 aromatic heterocycles. The first-order valence-electron chi connectivity index (χ1n) is 7.27. The van der Waals surface area contributed by atoms with Crippen molar-refractivity contribution in [1.29, 1.82) is 0 Å². The van der Waals surface area contributed by atoms with Gasteiger partial charge in [-0.15, -0.1) is 0 Å². The van der Waals surface area contributed by atoms with E-state index in [1.165, 1.54) is 0 Å². The lowest BCUT2D eigenvalue weighted by Gasteiger charge is -2.08. The summed E-state index contributed by atoms with van der Waals surface area (Å²) in [5.41, 5.74) is 1.78. The normalized spacial score (nSPS) is 10.5. The summed E-state index contributed by atoms with van der Waals surface area (Å²) < 4.78 is 6.19. The zero-order chi connectivity index (χ0) is 16.2. The van der Waals surface area contributed by atoms with Gasteiger partial charge in [-0.05, 0) is 69.3 Å². The van der Waals surface area contributed by atoms with Gasteiger partial charge in [0.25, 0.3) is 5.91 Å². The van der Waals surface area contributed by atoms with Crippen molar-refractivity contribution in [1.82, 2.24) is 5.32 Å². The third-order valence-corrected chi connectivity index (χ3v) is 4.62. The minimum Gasteiger partial charge on any atom is -0.497 e. The summed E-state index contributed by atoms with van der Waals surface area (Å²) in [6.45, 7) is 0.506. The lowest BCUT2D eigenvalue weighted by atomic mass is 10.1. The number of nitrogens with one attached hydrogen (secondary N) is 1. The van der Waals surface area contributed by atoms with Gasteiger partial charge >= 0.3 is 0 Å². The topological polar surface area (TPSA) is 38.3 Å². The van der Waals surface area contributed by atoms with Crippen LogP contribution in [0.3, 0.4) is 0 Å². The fourth-order valence-corrected chi connectivity index (χ4v) is 3.07. The second-order valence-corrected chi connectivity index (χ2v) is 6.37. The number of hydrogen-bond acceptors (Lipinski definition) is 2. The molecule has 0 radical (unpaired) electrons. The molecule has 0 spiro atoms. The first-order chi connectivity index (χ1) is 11.2. The van der Waals surface area contributed by atoms with E-state index < -0.39 is 0 Å². The lowest BCUT2D eigenvalue weighted by molar-refractivity contribution is 0.0950. The second kappa shape index (κ2) is 7.00. The van der Waals surface area contributed by atoms with E-state index in [0.29, 0.717) is 12.1 Å². The van der Waals surface area contributed by atoms with Crippen molar-refractivity contribution in [3.05, 3.63) is 75.4 Å². The summed E-state index contributed by atoms with van der Waals surface area (Å²) >= 11 is 2.18. The maximum Gasteiger partial charge on any atom is 0.252 e. The molecule has 3 aromatic carbocycles. The van der Waals surface area contributed by atoms with Crippen molar-refractivity contribution >= 4 is 39.3 Å². The van der Waals surface area contributed by atoms with Crippen LogP contribution in [0.1, 0.15) is 15.9 Å². The summed E-state index contributed by atoms with van der Waals surface area (Å²) in [5.74, 6) is 0.794. The van der Waals surface area contributed by atoms with E-state index in [9.17, 15) is 4.79 Å². The van der Waals surface area contributed by atoms with Gasteiger partial charge in [-0.1, -0.05) is 30.3 Å². The van der Waals surface area contributed by atoms with Gasteiger partial charge in [-0.3, -0.25) is 4.79 Å². The fourth-order valence-electron chi connectivity index (χ4n) is 2.43. The summed E-state index contributed by atoms with van der Waals surface area (Å²) in [4.78, 5) is 12.3. The molecule has 3 rings (SSSR count). The molecule has 0 saturated carbocycles. The predicted octanol–water partition coefficient (Wildman–Crippen LogP) is 4.38. The number of ether oxygens (including phenoxy) is 1. The Labute approximate surface area is 148 Å². The molecule has 0 saturated heterocycles. The Morgan fingerprint density at radius 1 is 1.04 bits per heavy atom. The second-order valence-electron chi connectivity index (χ2n) is 5.21. The number of rotatable bonds is 4. The molecule has 116 valence electrons. The smallest absolute Gasteiger partial charge is 0.252 e. The summed E-state index contributed by atoms with van der Waals surface area (Å²) in [6.07, 6.45) is 0. The van der Waals surface area contributed by atoms with E-state index in [1.807, 2.05) is 54.6 Å². The molecule has 0 aliphatic carbocycles. The molecule has 4 heteroatoms. The van der Waals surface area contributed by atoms with Crippen molar-refractivity contribution in [2.24, 2.45) is 0 Å². The SMILES string of the molecule is COc1ccc2cc(CNC(=O)c3ccccc3I)ccc2c1. The Balaban J connectivity index is 1.74. The van der Waals surface area contributed by atoms with E-state index in [1.54, 1.807) is 7.11 Å². The van der Waals surface area contributed by atoms with E-state index in [2.05, 4.69) is 34.0 Å². The highest BCUT2D eigenvalue weighted by atomic mass is 127. The van der Waals surface area contributed by atoms with Crippen LogP contribution in [0.5, 0.6) is 5.75 Å². The average molecular weight is 417 g/mol. The molecule has 0 fully saturated rings. The summed E-state index contributed by atoms with van der Waals surface area (Å²) in [7, 11) is 1.66. The van der Waals surface area contributed by atoms with Gasteiger partial charge in [-0.2, -0.15) is 0 Å². The Morgan fingerprint density at radius 3 is 2.57 bits per heavy atom. The number of methoxy groups -OCH3 is 1. The molecule has 0 aliphatic rings. The molecule has 3 nitrogen and oxygen atoms in total. The molecule has 0 atom stereocenters. The van der Waals surface area contributed by atoms with Crippen LogP contribution in [-0.4, -0.2) is 13.0 Å². The number of amides is 1. The third-order valence-electron chi connectivity index (χ3n) is 3.68. The molecule has 1 amide bonds. The molecule has 0 unspecified atom stereocenters. The molecule has 1 N–H and O–H groups in total. The van der Waals surface area contributed by atoms with E-state index in [-0.39, 0.29) is 5.91 Å². The van der Waals surface area contributed by atoms with Crippen LogP contribution in [0, 0.1) is 3.57 Å². The first kappa shape index (κ1) is 15.8. The monoisotopic (exact) mass is 417 g/mol. The lowest BCUT2D eigenvalue weighted by Crippen LogP contribution is -2.23. The molecular formula is C19H16INO2. The number of halogens is 1. The van der Waals surface area contributed by atoms with Crippen LogP contribution >= 0.6 is 22.6 Å². The fraction of sp³-hybridized carbons (Fsp3) is 0.105. The van der Waals surface area contributed by atoms with Crippen molar-refractivity contribution in [2.75, 3.05) is 7.11 Å². The van der Waals surface area contributed by atoms with Gasteiger partial charge in [-0.25, -0.2) is 0 Å². The average Bonchev–Trinajstić information content (AvgIpc) is 2.59. The van der Waals surface area contributed by atoms with Crippen LogP contribution in [0.4, 0.5) is 0 Å². The molecule has 23 heavy (non-hydrogen) atoms. The Hall–Kier alpha value is -2.08. The Kier molecular flexibility index (Phi) is 4.81. The molecule has 0 bridgehead atoms. The summed E-state index contributed by atoms with van der Waals surface area (Å²) in [6, 6.07) is 19.7. The number of fused-ring (bicyclic) bond motifs is 1. The standard InChI is InChI=1S/C19H16INO2/c1-23-16-9-8-14-10-13(6-7-15(14)11-16)12-21-19(22)17-4-2-3-5-18(17)20/h2-11H,12H2,1H3,(H,21,22). The van der Waals surface area contributed by atoms with Gasteiger partial charge in [0.05, 0.1) is 12.7 Å². The van der Waals surface area contributed by atoms with Crippen LogP contribution in [0.15, 0.2) is 60.7 Å². The van der Waals surface area contributed by atoms with Crippen LogP contribution in [0.25, 0.3) is 10.8 Å². The van der Waals surface area contributed by atoms with Crippen LogP contribution in [0.2, 0.25) is 0 Å². The van der Waals surface area contributed by atoms with Crippen LogP contribution in [-0.2, 0) is 6.54 Å². The van der Waals surface area contributed by atoms with Gasteiger partial charge in [0, 0.05) is 10.1 Å². The van der Waals surface area contributed by atoms with E-state index in [4.69, 9.17) is 4.74 Å². The number of carbonyl (C=O) groups excluding carboxylic acids is 1. The highest BCUT2D eigenvalue weighted by Gasteiger charge is 2.08. The maximum absolute atomic E-state index is 12.3. The molecule has 0 aliphatic heterocycles. The maximum atomic E-state index is 12.3. The first-order valence-corrected chi connectivity index (χ1v) is 8.34. The zero-order valence-corrected chi connectivity index (χ0v) is 14.8. The number of hydrogen-bond donors (Lipinski definition) is 1. The van der Waals surface area contributed by atoms with Gasteiger partial charge in [0.1, 0.15) is 5.75 Å². The minimum atomic E-state index is -0.0511. The van der Waals surface area contributed by atoms with Crippen molar-refractivity contribution in [3.8, 4) is 5.75 Å². The van der Waals surface area contributed by atoms with Crippen molar-refractivity contribution in [3.63, 3.8) is 0 Å². The highest BCUT2D eigenvalue weighted by molar-refractivity contribution is 14.1. The van der Waals surface area contributed by atoms with Gasteiger partial charge in [0.2, 0.25) is 0 Å². The number of benzene rings is 3. The van der Waals surface area contributed by atoms with Gasteiger partial charge in [0.15, 0.2) is 0 Å². The van der Waals surface area contributed by atoms with E-state index >= 15 is 0 Å². The van der Waals surface area contributed by atoms with Crippen molar-refractivity contribution < 1.29 is 9.53 Å². The minimum absolute atomic E-state index is 0.0511. The quantitative estimate of drug-likeness (QED) is 0.640. The number of carbonyl (C=O) groups is 1. The van der Waals surface area contributed by atoms with E-state index in [0.717, 1.165) is 25.7 Å². The molecule has 3 aromatic rings. The van der Waals surface area contributed by atoms with Gasteiger partial charge < -0.3 is 10.1 Å². The Morgan fingerprint density at radius 2 is 1.78 bits per heavy atom. The summed E-state index contributed by atoms with van der Waals surface area (Å²) in [5, 5.41) is 5.23. The highest BCUT2D eigenvalue weighted by Crippen LogP contribution is 2.22. The van der Waals surface area contributed by atoms with Crippen LogP contribution < -0.4 is 10.1 Å². The van der Waals surface area contributed by atoms with Crippen molar-refractivity contribution in [2.45, 2.75) is 6.54 Å². The zero-order valence-electron chi connectivity index (χ0n) is 12.7. The molecular weight excluding hydrogens is 401 g/mol. The molecule has 0 heterocycles.